The molecule has 1 aliphatic carbocycles. The first-order chi connectivity index (χ1) is 9.01. The second kappa shape index (κ2) is 3.49. The fourth-order valence-electron chi connectivity index (χ4n) is 3.88. The predicted molar refractivity (Wildman–Crippen MR) is 67.2 cm³/mol. The van der Waals surface area contributed by atoms with Crippen LogP contribution in [-0.2, 0) is 19.0 Å². The number of rotatable bonds is 0. The van der Waals surface area contributed by atoms with Crippen molar-refractivity contribution in [3.63, 3.8) is 0 Å². The topological polar surface area (TPSA) is 44.8 Å². The van der Waals surface area contributed by atoms with Crippen LogP contribution in [0.5, 0.6) is 0 Å². The molecule has 0 aromatic heterocycles. The molecule has 3 aliphatic heterocycles. The number of ether oxygens (including phenoxy) is 3. The van der Waals surface area contributed by atoms with Gasteiger partial charge in [-0.2, -0.15) is 0 Å². The molecule has 4 atom stereocenters. The number of esters is 1. The molecule has 19 heavy (non-hydrogen) atoms. The second-order valence-corrected chi connectivity index (χ2v) is 6.26. The van der Waals surface area contributed by atoms with E-state index in [9.17, 15) is 4.79 Å². The minimum atomic E-state index is -0.462. The zero-order valence-corrected chi connectivity index (χ0v) is 11.1. The summed E-state index contributed by atoms with van der Waals surface area (Å²) in [5, 5.41) is 0. The molecule has 1 spiro atoms. The molecule has 0 N–H and O–H groups in total. The molecule has 4 aliphatic rings. The Morgan fingerprint density at radius 1 is 1.47 bits per heavy atom. The molecule has 0 unspecified atom stereocenters. The fourth-order valence-corrected chi connectivity index (χ4v) is 3.88. The summed E-state index contributed by atoms with van der Waals surface area (Å²) in [6.45, 7) is 6.45. The summed E-state index contributed by atoms with van der Waals surface area (Å²) in [5.41, 5.74) is 1.55. The van der Waals surface area contributed by atoms with Crippen LogP contribution in [0.2, 0.25) is 0 Å². The maximum atomic E-state index is 11.7. The standard InChI is InChI=1S/C15H18O4/c1-9-11-4-3-10-5-6-14(2)17-8-15(10,19-14)7-12(11)18-13(9)16/h3,11-12H,1,4-8H2,2H3/t11-,12-,14-,15-/m0/s1. The Labute approximate surface area is 112 Å². The smallest absolute Gasteiger partial charge is 0.334 e. The largest absolute Gasteiger partial charge is 0.458 e. The molecule has 0 radical (unpaired) electrons. The van der Waals surface area contributed by atoms with Gasteiger partial charge in [0.25, 0.3) is 0 Å². The quantitative estimate of drug-likeness (QED) is 0.381. The van der Waals surface area contributed by atoms with E-state index >= 15 is 0 Å². The molecule has 3 heterocycles. The Morgan fingerprint density at radius 2 is 2.32 bits per heavy atom. The lowest BCUT2D eigenvalue weighted by atomic mass is 9.83. The van der Waals surface area contributed by atoms with Crippen molar-refractivity contribution in [2.24, 2.45) is 5.92 Å². The van der Waals surface area contributed by atoms with Crippen LogP contribution in [0, 0.1) is 5.92 Å². The van der Waals surface area contributed by atoms with Gasteiger partial charge in [0.1, 0.15) is 11.7 Å². The van der Waals surface area contributed by atoms with Crippen LogP contribution in [0.3, 0.4) is 0 Å². The van der Waals surface area contributed by atoms with Gasteiger partial charge >= 0.3 is 5.97 Å². The van der Waals surface area contributed by atoms with Crippen molar-refractivity contribution in [3.8, 4) is 0 Å². The summed E-state index contributed by atoms with van der Waals surface area (Å²) < 4.78 is 17.6. The third-order valence-corrected chi connectivity index (χ3v) is 5.02. The highest BCUT2D eigenvalue weighted by Crippen LogP contribution is 2.52. The zero-order chi connectivity index (χ0) is 13.3. The highest BCUT2D eigenvalue weighted by molar-refractivity contribution is 5.90. The Bertz CT molecular complexity index is 508. The predicted octanol–water partition coefficient (Wildman–Crippen LogP) is 2.10. The lowest BCUT2D eigenvalue weighted by molar-refractivity contribution is -0.189. The number of allylic oxidation sites excluding steroid dienone is 1. The number of hydrogen-bond acceptors (Lipinski definition) is 4. The first-order valence-electron chi connectivity index (χ1n) is 6.95. The SMILES string of the molecule is C=C1C(=O)O[C@H]2C[C@]34CO[C@](C)(CCC3=CC[C@@H]12)O4. The Hall–Kier alpha value is -1.13. The van der Waals surface area contributed by atoms with Crippen molar-refractivity contribution in [2.75, 3.05) is 6.61 Å². The van der Waals surface area contributed by atoms with E-state index in [1.807, 2.05) is 6.92 Å². The molecule has 4 nitrogen and oxygen atoms in total. The summed E-state index contributed by atoms with van der Waals surface area (Å²) in [7, 11) is 0. The van der Waals surface area contributed by atoms with Crippen LogP contribution in [0.25, 0.3) is 0 Å². The molecule has 0 aromatic carbocycles. The normalized spacial score (nSPS) is 48.2. The van der Waals surface area contributed by atoms with Gasteiger partial charge in [0.2, 0.25) is 0 Å². The van der Waals surface area contributed by atoms with Crippen LogP contribution in [-0.4, -0.2) is 30.1 Å². The van der Waals surface area contributed by atoms with Gasteiger partial charge in [-0.1, -0.05) is 12.7 Å². The number of carbonyl (C=O) groups is 1. The highest BCUT2D eigenvalue weighted by atomic mass is 16.8. The summed E-state index contributed by atoms with van der Waals surface area (Å²) in [6.07, 6.45) is 5.55. The van der Waals surface area contributed by atoms with Crippen LogP contribution >= 0.6 is 0 Å². The maximum absolute atomic E-state index is 11.7. The summed E-state index contributed by atoms with van der Waals surface area (Å²) in [5.74, 6) is -0.604. The average molecular weight is 262 g/mol. The monoisotopic (exact) mass is 262 g/mol. The lowest BCUT2D eigenvalue weighted by Crippen LogP contribution is -2.44. The van der Waals surface area contributed by atoms with Crippen molar-refractivity contribution in [2.45, 2.75) is 50.1 Å². The third-order valence-electron chi connectivity index (χ3n) is 5.02. The van der Waals surface area contributed by atoms with Gasteiger partial charge < -0.3 is 14.2 Å². The molecule has 3 saturated heterocycles. The van der Waals surface area contributed by atoms with Gasteiger partial charge in [0.15, 0.2) is 5.79 Å². The molecule has 4 rings (SSSR count). The van der Waals surface area contributed by atoms with Gasteiger partial charge in [-0.25, -0.2) is 4.79 Å². The molecule has 0 aromatic rings. The summed E-state index contributed by atoms with van der Waals surface area (Å²) in [4.78, 5) is 11.7. The molecule has 0 amide bonds. The molecular formula is C15H18O4. The van der Waals surface area contributed by atoms with E-state index in [0.717, 1.165) is 19.3 Å². The van der Waals surface area contributed by atoms with E-state index in [4.69, 9.17) is 14.2 Å². The molecular weight excluding hydrogens is 244 g/mol. The number of fused-ring (bicyclic) bond motifs is 2. The van der Waals surface area contributed by atoms with Crippen molar-refractivity contribution >= 4 is 5.97 Å². The average Bonchev–Trinajstić information content (AvgIpc) is 2.71. The third kappa shape index (κ3) is 1.50. The van der Waals surface area contributed by atoms with Crippen molar-refractivity contribution in [1.82, 2.24) is 0 Å². The van der Waals surface area contributed by atoms with Gasteiger partial charge in [0, 0.05) is 24.3 Å². The Kier molecular flexibility index (Phi) is 2.15. The summed E-state index contributed by atoms with van der Waals surface area (Å²) >= 11 is 0. The van der Waals surface area contributed by atoms with Crippen LogP contribution in [0.15, 0.2) is 23.8 Å². The summed E-state index contributed by atoms with van der Waals surface area (Å²) in [6, 6.07) is 0. The van der Waals surface area contributed by atoms with E-state index < -0.39 is 5.79 Å². The van der Waals surface area contributed by atoms with Crippen molar-refractivity contribution in [1.29, 1.82) is 0 Å². The number of carbonyl (C=O) groups excluding carboxylic acids is 1. The van der Waals surface area contributed by atoms with Gasteiger partial charge in [0.05, 0.1) is 6.61 Å². The van der Waals surface area contributed by atoms with Crippen LogP contribution in [0.4, 0.5) is 0 Å². The van der Waals surface area contributed by atoms with Crippen LogP contribution in [0.1, 0.15) is 32.6 Å². The van der Waals surface area contributed by atoms with Gasteiger partial charge in [-0.05, 0) is 25.3 Å². The maximum Gasteiger partial charge on any atom is 0.334 e. The number of hydrogen-bond donors (Lipinski definition) is 0. The van der Waals surface area contributed by atoms with Crippen molar-refractivity contribution in [3.05, 3.63) is 23.8 Å². The Balaban J connectivity index is 1.72. The van der Waals surface area contributed by atoms with E-state index in [0.29, 0.717) is 18.6 Å². The first kappa shape index (κ1) is 11.7. The van der Waals surface area contributed by atoms with E-state index in [1.54, 1.807) is 0 Å². The molecule has 2 bridgehead atoms. The minimum Gasteiger partial charge on any atom is -0.458 e. The second-order valence-electron chi connectivity index (χ2n) is 6.26. The van der Waals surface area contributed by atoms with E-state index in [1.165, 1.54) is 5.57 Å². The first-order valence-corrected chi connectivity index (χ1v) is 6.95. The molecule has 4 heteroatoms. The lowest BCUT2D eigenvalue weighted by Gasteiger charge is -2.38. The van der Waals surface area contributed by atoms with Gasteiger partial charge in [-0.15, -0.1) is 0 Å². The minimum absolute atomic E-state index is 0.107. The molecule has 0 saturated carbocycles. The zero-order valence-electron chi connectivity index (χ0n) is 11.1. The Morgan fingerprint density at radius 3 is 3.16 bits per heavy atom. The highest BCUT2D eigenvalue weighted by Gasteiger charge is 2.57. The van der Waals surface area contributed by atoms with E-state index in [-0.39, 0.29) is 23.6 Å². The molecule has 102 valence electrons. The van der Waals surface area contributed by atoms with Crippen LogP contribution < -0.4 is 0 Å². The molecule has 3 fully saturated rings. The van der Waals surface area contributed by atoms with Gasteiger partial charge in [-0.3, -0.25) is 0 Å². The van der Waals surface area contributed by atoms with E-state index in [2.05, 4.69) is 12.7 Å². The fraction of sp³-hybridized carbons (Fsp3) is 0.667. The van der Waals surface area contributed by atoms with Crippen molar-refractivity contribution < 1.29 is 19.0 Å².